The molecule has 0 aromatic heterocycles. The molecule has 2 rings (SSSR count). The molecule has 1 aliphatic rings. The van der Waals surface area contributed by atoms with E-state index in [0.717, 1.165) is 25.6 Å². The van der Waals surface area contributed by atoms with Gasteiger partial charge < -0.3 is 5.11 Å². The van der Waals surface area contributed by atoms with Gasteiger partial charge in [-0.1, -0.05) is 36.2 Å². The maximum absolute atomic E-state index is 8.96. The first-order valence-electron chi connectivity index (χ1n) is 6.70. The average molecular weight is 233 g/mol. The van der Waals surface area contributed by atoms with E-state index in [-0.39, 0.29) is 0 Å². The predicted molar refractivity (Wildman–Crippen MR) is 70.9 cm³/mol. The van der Waals surface area contributed by atoms with Gasteiger partial charge in [-0.15, -0.1) is 0 Å². The van der Waals surface area contributed by atoms with Gasteiger partial charge >= 0.3 is 0 Å². The minimum absolute atomic E-state index is 0.303. The van der Waals surface area contributed by atoms with Gasteiger partial charge in [-0.25, -0.2) is 0 Å². The summed E-state index contributed by atoms with van der Waals surface area (Å²) in [6.07, 6.45) is 4.92. The maximum atomic E-state index is 8.96. The standard InChI is InChI=1S/C15H23NO/c1-13-6-8-14(9-7-13)12-16(10-3-11-17)15-4-2-5-15/h6-9,15,17H,2-5,10-12H2,1H3. The number of hydrogen-bond donors (Lipinski definition) is 1. The summed E-state index contributed by atoms with van der Waals surface area (Å²) in [7, 11) is 0. The van der Waals surface area contributed by atoms with Crippen molar-refractivity contribution in [2.75, 3.05) is 13.2 Å². The van der Waals surface area contributed by atoms with Gasteiger partial charge in [0, 0.05) is 25.7 Å². The summed E-state index contributed by atoms with van der Waals surface area (Å²) in [4.78, 5) is 2.53. The predicted octanol–water partition coefficient (Wildman–Crippen LogP) is 2.73. The number of aliphatic hydroxyl groups excluding tert-OH is 1. The first kappa shape index (κ1) is 12.6. The molecule has 0 amide bonds. The van der Waals surface area contributed by atoms with Crippen LogP contribution in [0.2, 0.25) is 0 Å². The van der Waals surface area contributed by atoms with Crippen LogP contribution in [-0.4, -0.2) is 29.2 Å². The minimum atomic E-state index is 0.303. The highest BCUT2D eigenvalue weighted by molar-refractivity contribution is 5.21. The molecule has 1 fully saturated rings. The molecule has 1 saturated carbocycles. The van der Waals surface area contributed by atoms with E-state index in [9.17, 15) is 0 Å². The highest BCUT2D eigenvalue weighted by Crippen LogP contribution is 2.26. The molecule has 1 aliphatic carbocycles. The Kier molecular flexibility index (Phi) is 4.57. The first-order valence-corrected chi connectivity index (χ1v) is 6.70. The summed E-state index contributed by atoms with van der Waals surface area (Å²) in [6.45, 7) is 4.48. The zero-order valence-electron chi connectivity index (χ0n) is 10.7. The molecule has 94 valence electrons. The van der Waals surface area contributed by atoms with Crippen LogP contribution in [0.15, 0.2) is 24.3 Å². The molecule has 0 atom stereocenters. The van der Waals surface area contributed by atoms with Crippen molar-refractivity contribution in [3.63, 3.8) is 0 Å². The quantitative estimate of drug-likeness (QED) is 0.816. The van der Waals surface area contributed by atoms with Crippen LogP contribution in [0.25, 0.3) is 0 Å². The van der Waals surface area contributed by atoms with E-state index in [2.05, 4.69) is 36.1 Å². The van der Waals surface area contributed by atoms with Crippen molar-refractivity contribution in [2.24, 2.45) is 0 Å². The topological polar surface area (TPSA) is 23.5 Å². The van der Waals surface area contributed by atoms with Crippen LogP contribution >= 0.6 is 0 Å². The van der Waals surface area contributed by atoms with Crippen LogP contribution in [0.3, 0.4) is 0 Å². The number of aryl methyl sites for hydroxylation is 1. The fraction of sp³-hybridized carbons (Fsp3) is 0.600. The molecule has 0 spiro atoms. The average Bonchev–Trinajstić information content (AvgIpc) is 2.26. The van der Waals surface area contributed by atoms with Crippen molar-refractivity contribution in [3.8, 4) is 0 Å². The SMILES string of the molecule is Cc1ccc(CN(CCCO)C2CCC2)cc1. The highest BCUT2D eigenvalue weighted by Gasteiger charge is 2.24. The summed E-state index contributed by atoms with van der Waals surface area (Å²) in [5, 5.41) is 8.96. The Morgan fingerprint density at radius 3 is 2.47 bits per heavy atom. The Morgan fingerprint density at radius 1 is 1.24 bits per heavy atom. The number of nitrogens with zero attached hydrogens (tertiary/aromatic N) is 1. The van der Waals surface area contributed by atoms with Crippen LogP contribution in [0.4, 0.5) is 0 Å². The molecule has 0 bridgehead atoms. The van der Waals surface area contributed by atoms with Crippen LogP contribution in [0.1, 0.15) is 36.8 Å². The van der Waals surface area contributed by atoms with Gasteiger partial charge in [0.2, 0.25) is 0 Å². The molecular weight excluding hydrogens is 210 g/mol. The molecule has 1 aromatic carbocycles. The second-order valence-electron chi connectivity index (χ2n) is 5.12. The molecule has 0 aliphatic heterocycles. The lowest BCUT2D eigenvalue weighted by Crippen LogP contribution is -2.40. The van der Waals surface area contributed by atoms with Gasteiger partial charge in [-0.05, 0) is 31.7 Å². The van der Waals surface area contributed by atoms with Crippen molar-refractivity contribution in [2.45, 2.75) is 45.2 Å². The number of benzene rings is 1. The lowest BCUT2D eigenvalue weighted by atomic mass is 9.91. The van der Waals surface area contributed by atoms with E-state index in [1.165, 1.54) is 30.4 Å². The fourth-order valence-electron chi connectivity index (χ4n) is 2.34. The second-order valence-corrected chi connectivity index (χ2v) is 5.12. The zero-order chi connectivity index (χ0) is 12.1. The molecule has 2 nitrogen and oxygen atoms in total. The van der Waals surface area contributed by atoms with Gasteiger partial charge in [0.25, 0.3) is 0 Å². The number of aliphatic hydroxyl groups is 1. The van der Waals surface area contributed by atoms with Crippen molar-refractivity contribution in [1.29, 1.82) is 0 Å². The first-order chi connectivity index (χ1) is 8.29. The Bertz CT molecular complexity index is 329. The number of rotatable bonds is 6. The molecule has 0 unspecified atom stereocenters. The third kappa shape index (κ3) is 3.55. The van der Waals surface area contributed by atoms with E-state index in [1.54, 1.807) is 0 Å². The van der Waals surface area contributed by atoms with E-state index >= 15 is 0 Å². The van der Waals surface area contributed by atoms with Crippen molar-refractivity contribution in [3.05, 3.63) is 35.4 Å². The highest BCUT2D eigenvalue weighted by atomic mass is 16.3. The smallest absolute Gasteiger partial charge is 0.0443 e. The van der Waals surface area contributed by atoms with Gasteiger partial charge in [0.15, 0.2) is 0 Å². The Labute approximate surface area is 104 Å². The molecule has 2 heteroatoms. The van der Waals surface area contributed by atoms with E-state index in [4.69, 9.17) is 5.11 Å². The van der Waals surface area contributed by atoms with Crippen LogP contribution in [0, 0.1) is 6.92 Å². The third-order valence-electron chi connectivity index (χ3n) is 3.70. The summed E-state index contributed by atoms with van der Waals surface area (Å²) in [5.41, 5.74) is 2.71. The van der Waals surface area contributed by atoms with Gasteiger partial charge in [0.05, 0.1) is 0 Å². The molecule has 0 heterocycles. The van der Waals surface area contributed by atoms with Crippen molar-refractivity contribution in [1.82, 2.24) is 4.90 Å². The van der Waals surface area contributed by atoms with E-state index < -0.39 is 0 Å². The van der Waals surface area contributed by atoms with Gasteiger partial charge in [-0.2, -0.15) is 0 Å². The lowest BCUT2D eigenvalue weighted by Gasteiger charge is -2.37. The fourth-order valence-corrected chi connectivity index (χ4v) is 2.34. The van der Waals surface area contributed by atoms with E-state index in [1.807, 2.05) is 0 Å². The molecule has 0 saturated heterocycles. The summed E-state index contributed by atoms with van der Waals surface area (Å²) in [5.74, 6) is 0. The van der Waals surface area contributed by atoms with Gasteiger partial charge in [-0.3, -0.25) is 4.90 Å². The van der Waals surface area contributed by atoms with Crippen molar-refractivity contribution < 1.29 is 5.11 Å². The Morgan fingerprint density at radius 2 is 1.94 bits per heavy atom. The number of hydrogen-bond acceptors (Lipinski definition) is 2. The summed E-state index contributed by atoms with van der Waals surface area (Å²) in [6, 6.07) is 9.56. The van der Waals surface area contributed by atoms with Crippen LogP contribution in [-0.2, 0) is 6.54 Å². The van der Waals surface area contributed by atoms with Crippen LogP contribution < -0.4 is 0 Å². The van der Waals surface area contributed by atoms with Crippen LogP contribution in [0.5, 0.6) is 0 Å². The zero-order valence-corrected chi connectivity index (χ0v) is 10.7. The van der Waals surface area contributed by atoms with Gasteiger partial charge in [0.1, 0.15) is 0 Å². The summed E-state index contributed by atoms with van der Waals surface area (Å²) < 4.78 is 0. The molecule has 17 heavy (non-hydrogen) atoms. The van der Waals surface area contributed by atoms with Crippen molar-refractivity contribution >= 4 is 0 Å². The minimum Gasteiger partial charge on any atom is -0.396 e. The maximum Gasteiger partial charge on any atom is 0.0443 e. The molecule has 1 aromatic rings. The Hall–Kier alpha value is -0.860. The summed E-state index contributed by atoms with van der Waals surface area (Å²) >= 11 is 0. The second kappa shape index (κ2) is 6.18. The third-order valence-corrected chi connectivity index (χ3v) is 3.70. The largest absolute Gasteiger partial charge is 0.396 e. The monoisotopic (exact) mass is 233 g/mol. The lowest BCUT2D eigenvalue weighted by molar-refractivity contribution is 0.109. The van der Waals surface area contributed by atoms with E-state index in [0.29, 0.717) is 6.61 Å². The Balaban J connectivity index is 1.93. The normalized spacial score (nSPS) is 16.2. The molecule has 0 radical (unpaired) electrons. The molecular formula is C15H23NO. The molecule has 1 N–H and O–H groups in total.